The average Bonchev–Trinajstić information content (AvgIpc) is 2.78. The second kappa shape index (κ2) is 9.60. The molecule has 0 spiro atoms. The highest BCUT2D eigenvalue weighted by Crippen LogP contribution is 2.36. The third-order valence-electron chi connectivity index (χ3n) is 4.94. The predicted octanol–water partition coefficient (Wildman–Crippen LogP) is 3.11. The van der Waals surface area contributed by atoms with Crippen LogP contribution in [0, 0.1) is 0 Å². The molecule has 2 aromatic heterocycles. The first-order valence-electron chi connectivity index (χ1n) is 10.0. The highest BCUT2D eigenvalue weighted by atomic mass is 16.5. The average molecular weight is 410 g/mol. The van der Waals surface area contributed by atoms with E-state index in [9.17, 15) is 0 Å². The normalized spacial score (nSPS) is 14.6. The summed E-state index contributed by atoms with van der Waals surface area (Å²) in [5.74, 6) is 2.40. The van der Waals surface area contributed by atoms with Crippen LogP contribution in [-0.2, 0) is 4.74 Å². The molecule has 1 fully saturated rings. The lowest BCUT2D eigenvalue weighted by atomic mass is 10.2. The van der Waals surface area contributed by atoms with Gasteiger partial charge in [0.1, 0.15) is 5.75 Å². The molecular formula is C22H26N4O4. The summed E-state index contributed by atoms with van der Waals surface area (Å²) >= 11 is 0. The minimum atomic E-state index is 0.458. The highest BCUT2D eigenvalue weighted by Gasteiger charge is 2.13. The van der Waals surface area contributed by atoms with E-state index in [1.807, 2.05) is 12.1 Å². The maximum Gasteiger partial charge on any atom is 0.219 e. The van der Waals surface area contributed by atoms with Gasteiger partial charge in [0.2, 0.25) is 5.88 Å². The Balaban J connectivity index is 1.47. The second-order valence-corrected chi connectivity index (χ2v) is 7.02. The lowest BCUT2D eigenvalue weighted by molar-refractivity contribution is 0.0357. The van der Waals surface area contributed by atoms with Gasteiger partial charge < -0.3 is 24.7 Å². The maximum absolute atomic E-state index is 6.01. The van der Waals surface area contributed by atoms with Crippen molar-refractivity contribution in [1.29, 1.82) is 0 Å². The van der Waals surface area contributed by atoms with Crippen LogP contribution in [0.2, 0.25) is 0 Å². The Morgan fingerprint density at radius 1 is 1.07 bits per heavy atom. The highest BCUT2D eigenvalue weighted by molar-refractivity contribution is 5.88. The zero-order valence-electron chi connectivity index (χ0n) is 17.0. The molecule has 8 heteroatoms. The quantitative estimate of drug-likeness (QED) is 0.567. The summed E-state index contributed by atoms with van der Waals surface area (Å²) in [4.78, 5) is 11.0. The minimum Gasteiger partial charge on any atom is -0.493 e. The molecule has 4 rings (SSSR count). The first-order chi connectivity index (χ1) is 14.7. The van der Waals surface area contributed by atoms with Gasteiger partial charge in [0.25, 0.3) is 0 Å². The number of nitrogens with two attached hydrogens (primary N) is 1. The fraction of sp³-hybridized carbons (Fsp3) is 0.364. The molecule has 2 N–H and O–H groups in total. The number of morpholine rings is 1. The third-order valence-corrected chi connectivity index (χ3v) is 4.94. The summed E-state index contributed by atoms with van der Waals surface area (Å²) in [6.07, 6.45) is 4.19. The first-order valence-corrected chi connectivity index (χ1v) is 10.0. The monoisotopic (exact) mass is 410 g/mol. The number of ether oxygens (including phenoxy) is 4. The summed E-state index contributed by atoms with van der Waals surface area (Å²) in [6, 6.07) is 9.03. The zero-order valence-corrected chi connectivity index (χ0v) is 17.0. The van der Waals surface area contributed by atoms with E-state index in [0.29, 0.717) is 35.4 Å². The Morgan fingerprint density at radius 3 is 2.70 bits per heavy atom. The third kappa shape index (κ3) is 4.90. The number of pyridine rings is 2. The number of fused-ring (bicyclic) bond motifs is 1. The van der Waals surface area contributed by atoms with Crippen LogP contribution in [0.5, 0.6) is 23.1 Å². The first kappa shape index (κ1) is 20.2. The Morgan fingerprint density at radius 2 is 1.93 bits per heavy atom. The molecule has 30 heavy (non-hydrogen) atoms. The van der Waals surface area contributed by atoms with Gasteiger partial charge in [0.05, 0.1) is 44.3 Å². The smallest absolute Gasteiger partial charge is 0.219 e. The van der Waals surface area contributed by atoms with E-state index < -0.39 is 0 Å². The molecule has 0 bridgehead atoms. The van der Waals surface area contributed by atoms with Crippen molar-refractivity contribution in [3.8, 4) is 23.1 Å². The maximum atomic E-state index is 6.01. The number of hydrogen-bond acceptors (Lipinski definition) is 8. The molecule has 0 radical (unpaired) electrons. The van der Waals surface area contributed by atoms with Gasteiger partial charge in [-0.3, -0.25) is 9.88 Å². The molecule has 0 saturated carbocycles. The molecule has 0 atom stereocenters. The number of anilines is 1. The topological polar surface area (TPSA) is 92.0 Å². The largest absolute Gasteiger partial charge is 0.493 e. The molecule has 3 aromatic rings. The minimum absolute atomic E-state index is 0.458. The molecule has 3 heterocycles. The number of hydrogen-bond donors (Lipinski definition) is 1. The molecule has 1 aliphatic rings. The van der Waals surface area contributed by atoms with Crippen molar-refractivity contribution in [3.63, 3.8) is 0 Å². The Labute approximate surface area is 175 Å². The van der Waals surface area contributed by atoms with Crippen molar-refractivity contribution in [2.45, 2.75) is 6.42 Å². The van der Waals surface area contributed by atoms with E-state index in [4.69, 9.17) is 24.7 Å². The van der Waals surface area contributed by atoms with Gasteiger partial charge in [-0.15, -0.1) is 0 Å². The van der Waals surface area contributed by atoms with Gasteiger partial charge in [0.15, 0.2) is 11.5 Å². The molecule has 158 valence electrons. The summed E-state index contributed by atoms with van der Waals surface area (Å²) in [6.45, 7) is 5.17. The Bertz CT molecular complexity index is 975. The molecule has 0 amide bonds. The van der Waals surface area contributed by atoms with Crippen molar-refractivity contribution in [3.05, 3.63) is 42.7 Å². The fourth-order valence-electron chi connectivity index (χ4n) is 3.35. The van der Waals surface area contributed by atoms with Crippen LogP contribution < -0.4 is 19.9 Å². The van der Waals surface area contributed by atoms with Gasteiger partial charge in [-0.1, -0.05) is 0 Å². The number of methoxy groups -OCH3 is 1. The van der Waals surface area contributed by atoms with E-state index in [1.54, 1.807) is 37.7 Å². The van der Waals surface area contributed by atoms with Crippen molar-refractivity contribution in [1.82, 2.24) is 14.9 Å². The lowest BCUT2D eigenvalue weighted by Gasteiger charge is -2.26. The molecule has 0 unspecified atom stereocenters. The lowest BCUT2D eigenvalue weighted by Crippen LogP contribution is -2.37. The van der Waals surface area contributed by atoms with E-state index in [2.05, 4.69) is 14.9 Å². The summed E-state index contributed by atoms with van der Waals surface area (Å²) < 4.78 is 22.9. The molecule has 1 saturated heterocycles. The summed E-state index contributed by atoms with van der Waals surface area (Å²) in [5, 5.41) is 0.814. The van der Waals surface area contributed by atoms with Gasteiger partial charge in [0, 0.05) is 43.4 Å². The Hall–Kier alpha value is -3.10. The van der Waals surface area contributed by atoms with Gasteiger partial charge in [-0.05, 0) is 24.6 Å². The van der Waals surface area contributed by atoms with Gasteiger partial charge in [-0.25, -0.2) is 4.98 Å². The zero-order chi connectivity index (χ0) is 20.8. The molecule has 1 aliphatic heterocycles. The Kier molecular flexibility index (Phi) is 6.46. The van der Waals surface area contributed by atoms with Crippen molar-refractivity contribution in [2.24, 2.45) is 0 Å². The van der Waals surface area contributed by atoms with Crippen LogP contribution in [0.25, 0.3) is 10.9 Å². The SMILES string of the molecule is COc1cc2c(Oc3ccc(N)cn3)ccnc2cc1OCCCN1CCOCC1. The molecule has 0 aliphatic carbocycles. The van der Waals surface area contributed by atoms with Gasteiger partial charge >= 0.3 is 0 Å². The van der Waals surface area contributed by atoms with E-state index in [0.717, 1.165) is 50.2 Å². The van der Waals surface area contributed by atoms with E-state index in [1.165, 1.54) is 0 Å². The molecule has 1 aromatic carbocycles. The summed E-state index contributed by atoms with van der Waals surface area (Å²) in [5.41, 5.74) is 7.03. The van der Waals surface area contributed by atoms with Crippen molar-refractivity contribution < 1.29 is 18.9 Å². The fourth-order valence-corrected chi connectivity index (χ4v) is 3.35. The standard InChI is InChI=1S/C22H26N4O4/c1-27-20-13-17-18(14-21(20)29-10-2-7-26-8-11-28-12-9-26)24-6-5-19(17)30-22-4-3-16(23)15-25-22/h3-6,13-15H,2,7-12,23H2,1H3. The molecular weight excluding hydrogens is 384 g/mol. The number of nitrogens with zero attached hydrogens (tertiary/aromatic N) is 3. The second-order valence-electron chi connectivity index (χ2n) is 7.02. The van der Waals surface area contributed by atoms with Crippen LogP contribution in [0.15, 0.2) is 42.7 Å². The van der Waals surface area contributed by atoms with Crippen LogP contribution >= 0.6 is 0 Å². The number of benzene rings is 1. The number of rotatable bonds is 8. The summed E-state index contributed by atoms with van der Waals surface area (Å²) in [7, 11) is 1.63. The van der Waals surface area contributed by atoms with Crippen LogP contribution in [-0.4, -0.2) is 61.4 Å². The van der Waals surface area contributed by atoms with Crippen molar-refractivity contribution >= 4 is 16.6 Å². The van der Waals surface area contributed by atoms with Gasteiger partial charge in [-0.2, -0.15) is 0 Å². The number of aromatic nitrogens is 2. The van der Waals surface area contributed by atoms with Crippen LogP contribution in [0.1, 0.15) is 6.42 Å². The predicted molar refractivity (Wildman–Crippen MR) is 114 cm³/mol. The molecule has 8 nitrogen and oxygen atoms in total. The van der Waals surface area contributed by atoms with E-state index >= 15 is 0 Å². The van der Waals surface area contributed by atoms with Crippen molar-refractivity contribution in [2.75, 3.05) is 52.3 Å². The van der Waals surface area contributed by atoms with Crippen LogP contribution in [0.4, 0.5) is 5.69 Å². The van der Waals surface area contributed by atoms with E-state index in [-0.39, 0.29) is 0 Å². The number of nitrogen functional groups attached to an aromatic ring is 1. The van der Waals surface area contributed by atoms with Crippen LogP contribution in [0.3, 0.4) is 0 Å².